The van der Waals surface area contributed by atoms with Crippen LogP contribution in [0, 0.1) is 0 Å². The van der Waals surface area contributed by atoms with Crippen molar-refractivity contribution >= 4 is 0 Å². The fraction of sp³-hybridized carbons (Fsp3) is 0.500. The average molecular weight is 262 g/mol. The van der Waals surface area contributed by atoms with E-state index in [1.165, 1.54) is 11.1 Å². The monoisotopic (exact) mass is 262 g/mol. The fourth-order valence-electron chi connectivity index (χ4n) is 1.98. The Hall–Kier alpha value is -1.16. The van der Waals surface area contributed by atoms with E-state index in [2.05, 4.69) is 54.9 Å². The summed E-state index contributed by atoms with van der Waals surface area (Å²) in [4.78, 5) is 2.18. The number of benzene rings is 1. The molecular weight excluding hydrogens is 236 g/mol. The highest BCUT2D eigenvalue weighted by Gasteiger charge is 2.04. The van der Waals surface area contributed by atoms with Crippen LogP contribution in [0.3, 0.4) is 0 Å². The molecule has 0 amide bonds. The summed E-state index contributed by atoms with van der Waals surface area (Å²) >= 11 is 0. The molecule has 0 unspecified atom stereocenters. The molecule has 0 bridgehead atoms. The second-order valence-electron chi connectivity index (χ2n) is 5.10. The molecule has 0 heterocycles. The summed E-state index contributed by atoms with van der Waals surface area (Å²) in [5, 5.41) is 12.5. The molecule has 3 heteroatoms. The lowest BCUT2D eigenvalue weighted by atomic mass is 10.1. The van der Waals surface area contributed by atoms with Gasteiger partial charge in [0.2, 0.25) is 0 Å². The summed E-state index contributed by atoms with van der Waals surface area (Å²) in [7, 11) is 0. The van der Waals surface area contributed by atoms with Crippen molar-refractivity contribution in [3.8, 4) is 0 Å². The Kier molecular flexibility index (Phi) is 7.41. The molecule has 0 aromatic heterocycles. The van der Waals surface area contributed by atoms with Crippen molar-refractivity contribution in [2.75, 3.05) is 19.7 Å². The minimum Gasteiger partial charge on any atom is -0.395 e. The van der Waals surface area contributed by atoms with Gasteiger partial charge < -0.3 is 10.4 Å². The van der Waals surface area contributed by atoms with Crippen molar-refractivity contribution in [2.45, 2.75) is 33.0 Å². The quantitative estimate of drug-likeness (QED) is 0.670. The molecule has 0 spiro atoms. The van der Waals surface area contributed by atoms with Crippen LogP contribution in [0.25, 0.3) is 0 Å². The minimum absolute atomic E-state index is 0.183. The van der Waals surface area contributed by atoms with Gasteiger partial charge in [0, 0.05) is 32.2 Å². The number of hydrogen-bond donors (Lipinski definition) is 2. The van der Waals surface area contributed by atoms with E-state index in [0.717, 1.165) is 19.6 Å². The van der Waals surface area contributed by atoms with Gasteiger partial charge in [-0.15, -0.1) is 6.58 Å². The Morgan fingerprint density at radius 2 is 2.11 bits per heavy atom. The number of rotatable bonds is 9. The van der Waals surface area contributed by atoms with Crippen molar-refractivity contribution in [2.24, 2.45) is 0 Å². The second kappa shape index (κ2) is 8.86. The second-order valence-corrected chi connectivity index (χ2v) is 5.10. The summed E-state index contributed by atoms with van der Waals surface area (Å²) in [6.07, 6.45) is 1.87. The SMILES string of the molecule is C=CCN(CCO)Cc1cccc(CNC(C)C)c1. The molecule has 106 valence electrons. The van der Waals surface area contributed by atoms with Crippen LogP contribution in [0.1, 0.15) is 25.0 Å². The third-order valence-corrected chi connectivity index (χ3v) is 2.92. The van der Waals surface area contributed by atoms with Gasteiger partial charge in [-0.2, -0.15) is 0 Å². The van der Waals surface area contributed by atoms with Gasteiger partial charge in [-0.05, 0) is 11.1 Å². The van der Waals surface area contributed by atoms with E-state index in [4.69, 9.17) is 5.11 Å². The first-order chi connectivity index (χ1) is 9.15. The third-order valence-electron chi connectivity index (χ3n) is 2.92. The number of hydrogen-bond acceptors (Lipinski definition) is 3. The largest absolute Gasteiger partial charge is 0.395 e. The topological polar surface area (TPSA) is 35.5 Å². The van der Waals surface area contributed by atoms with E-state index in [1.807, 2.05) is 6.08 Å². The van der Waals surface area contributed by atoms with Crippen LogP contribution in [-0.2, 0) is 13.1 Å². The number of aliphatic hydroxyl groups excluding tert-OH is 1. The Balaban J connectivity index is 2.61. The molecule has 3 nitrogen and oxygen atoms in total. The summed E-state index contributed by atoms with van der Waals surface area (Å²) in [5.41, 5.74) is 2.58. The van der Waals surface area contributed by atoms with E-state index in [1.54, 1.807) is 0 Å². The van der Waals surface area contributed by atoms with Gasteiger partial charge in [0.25, 0.3) is 0 Å². The lowest BCUT2D eigenvalue weighted by molar-refractivity contribution is 0.203. The third kappa shape index (κ3) is 6.53. The van der Waals surface area contributed by atoms with Crippen molar-refractivity contribution in [1.82, 2.24) is 10.2 Å². The first kappa shape index (κ1) is 15.9. The van der Waals surface area contributed by atoms with E-state index in [-0.39, 0.29) is 6.61 Å². The van der Waals surface area contributed by atoms with E-state index >= 15 is 0 Å². The first-order valence-corrected chi connectivity index (χ1v) is 6.91. The lowest BCUT2D eigenvalue weighted by Gasteiger charge is -2.20. The van der Waals surface area contributed by atoms with E-state index in [0.29, 0.717) is 12.6 Å². The average Bonchev–Trinajstić information content (AvgIpc) is 2.37. The van der Waals surface area contributed by atoms with Gasteiger partial charge in [0.1, 0.15) is 0 Å². The normalized spacial score (nSPS) is 11.2. The van der Waals surface area contributed by atoms with Gasteiger partial charge in [0.05, 0.1) is 6.61 Å². The number of aliphatic hydroxyl groups is 1. The van der Waals surface area contributed by atoms with Gasteiger partial charge in [-0.25, -0.2) is 0 Å². The van der Waals surface area contributed by atoms with Crippen molar-refractivity contribution in [1.29, 1.82) is 0 Å². The highest BCUT2D eigenvalue weighted by molar-refractivity contribution is 5.23. The molecule has 0 saturated carbocycles. The van der Waals surface area contributed by atoms with Crippen LogP contribution in [0.4, 0.5) is 0 Å². The van der Waals surface area contributed by atoms with Crippen LogP contribution < -0.4 is 5.32 Å². The first-order valence-electron chi connectivity index (χ1n) is 6.91. The molecule has 0 atom stereocenters. The number of nitrogens with zero attached hydrogens (tertiary/aromatic N) is 1. The predicted octanol–water partition coefficient (Wildman–Crippen LogP) is 2.16. The Bertz CT molecular complexity index is 377. The maximum atomic E-state index is 9.06. The van der Waals surface area contributed by atoms with Crippen LogP contribution in [0.15, 0.2) is 36.9 Å². The molecule has 1 aromatic carbocycles. The van der Waals surface area contributed by atoms with Gasteiger partial charge in [-0.3, -0.25) is 4.90 Å². The Morgan fingerprint density at radius 1 is 1.37 bits per heavy atom. The standard InChI is InChI=1S/C16H26N2O/c1-4-8-18(9-10-19)13-16-7-5-6-15(11-16)12-17-14(2)3/h4-7,11,14,17,19H,1,8-10,12-13H2,2-3H3. The molecule has 0 aliphatic carbocycles. The maximum Gasteiger partial charge on any atom is 0.0558 e. The van der Waals surface area contributed by atoms with Gasteiger partial charge >= 0.3 is 0 Å². The Labute approximate surface area is 116 Å². The number of nitrogens with one attached hydrogen (secondary N) is 1. The fourth-order valence-corrected chi connectivity index (χ4v) is 1.98. The summed E-state index contributed by atoms with van der Waals surface area (Å²) in [6, 6.07) is 9.09. The molecule has 0 radical (unpaired) electrons. The van der Waals surface area contributed by atoms with Crippen molar-refractivity contribution < 1.29 is 5.11 Å². The summed E-state index contributed by atoms with van der Waals surface area (Å²) < 4.78 is 0. The highest BCUT2D eigenvalue weighted by atomic mass is 16.3. The highest BCUT2D eigenvalue weighted by Crippen LogP contribution is 2.08. The zero-order valence-electron chi connectivity index (χ0n) is 12.1. The molecule has 2 N–H and O–H groups in total. The predicted molar refractivity (Wildman–Crippen MR) is 81.0 cm³/mol. The Morgan fingerprint density at radius 3 is 2.74 bits per heavy atom. The molecule has 1 rings (SSSR count). The molecule has 0 fully saturated rings. The zero-order chi connectivity index (χ0) is 14.1. The molecule has 0 aliphatic heterocycles. The van der Waals surface area contributed by atoms with E-state index < -0.39 is 0 Å². The molecular formula is C16H26N2O. The van der Waals surface area contributed by atoms with Gasteiger partial charge in [0.15, 0.2) is 0 Å². The smallest absolute Gasteiger partial charge is 0.0558 e. The molecule has 0 aliphatic rings. The summed E-state index contributed by atoms with van der Waals surface area (Å²) in [6.45, 7) is 11.5. The minimum atomic E-state index is 0.183. The molecule has 1 aromatic rings. The van der Waals surface area contributed by atoms with Crippen molar-refractivity contribution in [3.63, 3.8) is 0 Å². The molecule has 0 saturated heterocycles. The van der Waals surface area contributed by atoms with E-state index in [9.17, 15) is 0 Å². The van der Waals surface area contributed by atoms with Crippen molar-refractivity contribution in [3.05, 3.63) is 48.0 Å². The van der Waals surface area contributed by atoms with Crippen LogP contribution >= 0.6 is 0 Å². The van der Waals surface area contributed by atoms with Crippen LogP contribution in [-0.4, -0.2) is 35.7 Å². The van der Waals surface area contributed by atoms with Gasteiger partial charge in [-0.1, -0.05) is 44.2 Å². The maximum absolute atomic E-state index is 9.06. The molecule has 19 heavy (non-hydrogen) atoms. The van der Waals surface area contributed by atoms with Crippen LogP contribution in [0.2, 0.25) is 0 Å². The lowest BCUT2D eigenvalue weighted by Crippen LogP contribution is -2.26. The zero-order valence-corrected chi connectivity index (χ0v) is 12.1. The van der Waals surface area contributed by atoms with Crippen LogP contribution in [0.5, 0.6) is 0 Å². The summed E-state index contributed by atoms with van der Waals surface area (Å²) in [5.74, 6) is 0.